The molecule has 4 rings (SSSR count). The number of rotatable bonds is 4. The third-order valence-electron chi connectivity index (χ3n) is 6.23. The number of halogens is 6. The molecule has 37 heavy (non-hydrogen) atoms. The van der Waals surface area contributed by atoms with Gasteiger partial charge in [-0.15, -0.1) is 0 Å². The van der Waals surface area contributed by atoms with Crippen molar-refractivity contribution in [1.82, 2.24) is 15.2 Å². The number of piperidine rings is 1. The second-order valence-corrected chi connectivity index (χ2v) is 8.69. The van der Waals surface area contributed by atoms with Gasteiger partial charge in [-0.3, -0.25) is 14.7 Å². The number of carboxylic acids is 2. The van der Waals surface area contributed by atoms with Crippen LogP contribution in [-0.2, 0) is 25.7 Å². The zero-order chi connectivity index (χ0) is 27.8. The van der Waals surface area contributed by atoms with Crippen molar-refractivity contribution in [2.45, 2.75) is 56.7 Å². The summed E-state index contributed by atoms with van der Waals surface area (Å²) < 4.78 is 69.4. The van der Waals surface area contributed by atoms with Crippen molar-refractivity contribution in [3.05, 3.63) is 30.1 Å². The number of amides is 1. The number of aromatic nitrogens is 1. The minimum absolute atomic E-state index is 0.0634. The lowest BCUT2D eigenvalue weighted by Gasteiger charge is -2.46. The van der Waals surface area contributed by atoms with Crippen LogP contribution in [-0.4, -0.2) is 82.1 Å². The average molecular weight is 543 g/mol. The summed E-state index contributed by atoms with van der Waals surface area (Å²) in [6.07, 6.45) is -1.45. The molecule has 15 heteroatoms. The molecule has 2 saturated heterocycles. The van der Waals surface area contributed by atoms with E-state index < -0.39 is 24.3 Å². The second kappa shape index (κ2) is 13.0. The van der Waals surface area contributed by atoms with Gasteiger partial charge in [0.15, 0.2) is 0 Å². The van der Waals surface area contributed by atoms with Crippen LogP contribution in [0.3, 0.4) is 0 Å². The Morgan fingerprint density at radius 2 is 1.62 bits per heavy atom. The van der Waals surface area contributed by atoms with E-state index in [9.17, 15) is 31.1 Å². The Morgan fingerprint density at radius 3 is 2.08 bits per heavy atom. The van der Waals surface area contributed by atoms with Crippen LogP contribution < -0.4 is 5.32 Å². The summed E-state index contributed by atoms with van der Waals surface area (Å²) in [5, 5.41) is 17.4. The summed E-state index contributed by atoms with van der Waals surface area (Å²) in [6, 6.07) is 4.58. The van der Waals surface area contributed by atoms with Crippen molar-refractivity contribution in [3.63, 3.8) is 0 Å². The largest absolute Gasteiger partial charge is 0.490 e. The maximum Gasteiger partial charge on any atom is 0.490 e. The Morgan fingerprint density at radius 1 is 1.03 bits per heavy atom. The van der Waals surface area contributed by atoms with E-state index in [2.05, 4.69) is 15.2 Å². The van der Waals surface area contributed by atoms with Gasteiger partial charge in [0.1, 0.15) is 0 Å². The molecule has 0 spiro atoms. The van der Waals surface area contributed by atoms with Crippen molar-refractivity contribution in [2.24, 2.45) is 11.8 Å². The first-order chi connectivity index (χ1) is 17.2. The number of fused-ring (bicyclic) bond motifs is 1. The molecule has 208 valence electrons. The quantitative estimate of drug-likeness (QED) is 0.495. The van der Waals surface area contributed by atoms with E-state index >= 15 is 0 Å². The van der Waals surface area contributed by atoms with Gasteiger partial charge in [0.25, 0.3) is 0 Å². The number of carboxylic acid groups (broad SMARTS) is 2. The number of carbonyl (C=O) groups excluding carboxylic acids is 1. The summed E-state index contributed by atoms with van der Waals surface area (Å²) in [6.45, 7) is 3.28. The van der Waals surface area contributed by atoms with Gasteiger partial charge in [0, 0.05) is 50.6 Å². The van der Waals surface area contributed by atoms with Gasteiger partial charge in [0.2, 0.25) is 5.91 Å². The molecule has 0 radical (unpaired) electrons. The van der Waals surface area contributed by atoms with Crippen molar-refractivity contribution >= 4 is 17.8 Å². The summed E-state index contributed by atoms with van der Waals surface area (Å²) in [5.74, 6) is -4.88. The molecule has 3 aliphatic rings. The number of hydrogen-bond acceptors (Lipinski definition) is 6. The maximum atomic E-state index is 12.8. The lowest BCUT2D eigenvalue weighted by atomic mass is 9.79. The maximum absolute atomic E-state index is 12.8. The predicted octanol–water partition coefficient (Wildman–Crippen LogP) is 2.85. The summed E-state index contributed by atoms with van der Waals surface area (Å²) in [7, 11) is 0. The normalized spacial score (nSPS) is 23.8. The van der Waals surface area contributed by atoms with Gasteiger partial charge in [-0.05, 0) is 30.9 Å². The Kier molecular flexibility index (Phi) is 10.7. The minimum atomic E-state index is -5.08. The van der Waals surface area contributed by atoms with Gasteiger partial charge in [-0.1, -0.05) is 12.5 Å². The monoisotopic (exact) mass is 543 g/mol. The van der Waals surface area contributed by atoms with Gasteiger partial charge in [-0.2, -0.15) is 26.3 Å². The van der Waals surface area contributed by atoms with E-state index in [1.807, 2.05) is 18.3 Å². The van der Waals surface area contributed by atoms with E-state index in [4.69, 9.17) is 24.5 Å². The number of aliphatic carboxylic acids is 2. The van der Waals surface area contributed by atoms with Gasteiger partial charge < -0.3 is 20.3 Å². The Labute approximate surface area is 207 Å². The summed E-state index contributed by atoms with van der Waals surface area (Å²) in [4.78, 5) is 37.2. The second-order valence-electron chi connectivity index (χ2n) is 8.69. The highest BCUT2D eigenvalue weighted by Crippen LogP contribution is 2.37. The Hall–Kier alpha value is -2.94. The molecule has 3 heterocycles. The highest BCUT2D eigenvalue weighted by molar-refractivity contribution is 5.79. The predicted molar refractivity (Wildman–Crippen MR) is 114 cm³/mol. The molecule has 3 fully saturated rings. The number of carbonyl (C=O) groups is 3. The Balaban J connectivity index is 0.000000286. The van der Waals surface area contributed by atoms with Crippen LogP contribution in [0.1, 0.15) is 31.2 Å². The van der Waals surface area contributed by atoms with Crippen molar-refractivity contribution in [1.29, 1.82) is 0 Å². The molecule has 1 aromatic heterocycles. The molecule has 1 saturated carbocycles. The fourth-order valence-corrected chi connectivity index (χ4v) is 4.16. The number of hydrogen-bond donors (Lipinski definition) is 3. The SMILES string of the molecule is O=C(NCc1cccnc1)[C@H]1CN(C2CCC2)C[C@H]2OCC[C@@H]12.O=C(O)C(F)(F)F.O=C(O)C(F)(F)F. The average Bonchev–Trinajstić information content (AvgIpc) is 3.25. The molecule has 3 atom stereocenters. The van der Waals surface area contributed by atoms with Crippen molar-refractivity contribution in [2.75, 3.05) is 19.7 Å². The Bertz CT molecular complexity index is 886. The molecular formula is C22H27F6N3O6. The molecule has 3 N–H and O–H groups in total. The van der Waals surface area contributed by atoms with Gasteiger partial charge in [0.05, 0.1) is 12.0 Å². The zero-order valence-corrected chi connectivity index (χ0v) is 19.5. The smallest absolute Gasteiger partial charge is 0.475 e. The van der Waals surface area contributed by atoms with Crippen LogP contribution in [0.25, 0.3) is 0 Å². The first kappa shape index (κ1) is 30.3. The highest BCUT2D eigenvalue weighted by Gasteiger charge is 2.46. The van der Waals surface area contributed by atoms with Crippen LogP contribution in [0.2, 0.25) is 0 Å². The van der Waals surface area contributed by atoms with Crippen molar-refractivity contribution < 1.29 is 55.7 Å². The third kappa shape index (κ3) is 9.46. The molecule has 1 aromatic rings. The number of ether oxygens (including phenoxy) is 1. The van der Waals surface area contributed by atoms with E-state index in [0.717, 1.165) is 31.7 Å². The van der Waals surface area contributed by atoms with Crippen LogP contribution in [0, 0.1) is 11.8 Å². The molecule has 2 aliphatic heterocycles. The molecule has 1 amide bonds. The molecular weight excluding hydrogens is 516 g/mol. The van der Waals surface area contributed by atoms with E-state index in [1.54, 1.807) is 6.20 Å². The molecule has 0 bridgehead atoms. The molecule has 1 aliphatic carbocycles. The number of alkyl halides is 6. The summed E-state index contributed by atoms with van der Waals surface area (Å²) in [5.41, 5.74) is 1.05. The molecule has 9 nitrogen and oxygen atoms in total. The van der Waals surface area contributed by atoms with Crippen molar-refractivity contribution in [3.8, 4) is 0 Å². The first-order valence-corrected chi connectivity index (χ1v) is 11.3. The fraction of sp³-hybridized carbons (Fsp3) is 0.636. The standard InChI is InChI=1S/C18H25N3O2.2C2HF3O2/c22-18(20-10-13-3-2-7-19-9-13)16-11-21(14-4-1-5-14)12-17-15(16)6-8-23-17;2*3-2(4,5)1(6)7/h2-3,7,9,14-17H,1,4-6,8,10-12H2,(H,20,22);2*(H,6,7)/t15-,16-,17+;;/m0../s1. The minimum Gasteiger partial charge on any atom is -0.475 e. The number of nitrogens with zero attached hydrogens (tertiary/aromatic N) is 2. The topological polar surface area (TPSA) is 129 Å². The third-order valence-corrected chi connectivity index (χ3v) is 6.23. The summed E-state index contributed by atoms with van der Waals surface area (Å²) >= 11 is 0. The van der Waals surface area contributed by atoms with E-state index in [-0.39, 0.29) is 17.9 Å². The lowest BCUT2D eigenvalue weighted by molar-refractivity contribution is -0.193. The first-order valence-electron chi connectivity index (χ1n) is 11.3. The number of pyridine rings is 1. The lowest BCUT2D eigenvalue weighted by Crippen LogP contribution is -2.56. The van der Waals surface area contributed by atoms with E-state index in [0.29, 0.717) is 18.5 Å². The van der Waals surface area contributed by atoms with Gasteiger partial charge >= 0.3 is 24.3 Å². The van der Waals surface area contributed by atoms with Crippen LogP contribution in [0.5, 0.6) is 0 Å². The zero-order valence-electron chi connectivity index (χ0n) is 19.5. The van der Waals surface area contributed by atoms with Gasteiger partial charge in [-0.25, -0.2) is 9.59 Å². The van der Waals surface area contributed by atoms with Crippen LogP contribution >= 0.6 is 0 Å². The highest BCUT2D eigenvalue weighted by atomic mass is 19.4. The van der Waals surface area contributed by atoms with E-state index in [1.165, 1.54) is 19.3 Å². The number of likely N-dealkylation sites (tertiary alicyclic amines) is 1. The van der Waals surface area contributed by atoms with Crippen LogP contribution in [0.4, 0.5) is 26.3 Å². The molecule has 0 unspecified atom stereocenters. The fourth-order valence-electron chi connectivity index (χ4n) is 4.16. The molecule has 0 aromatic carbocycles. The van der Waals surface area contributed by atoms with Crippen LogP contribution in [0.15, 0.2) is 24.5 Å². The number of nitrogens with one attached hydrogen (secondary N) is 1.